The zero-order valence-electron chi connectivity index (χ0n) is 9.61. The molecule has 18 heavy (non-hydrogen) atoms. The predicted molar refractivity (Wildman–Crippen MR) is 77.2 cm³/mol. The number of aromatic nitrogens is 1. The molecule has 0 aliphatic rings. The molecule has 1 atom stereocenters. The summed E-state index contributed by atoms with van der Waals surface area (Å²) in [4.78, 5) is 4.14. The average molecular weight is 327 g/mol. The molecule has 0 spiro atoms. The molecule has 1 aromatic heterocycles. The van der Waals surface area contributed by atoms with Crippen molar-refractivity contribution in [3.05, 3.63) is 63.3 Å². The molecule has 94 valence electrons. The Morgan fingerprint density at radius 1 is 1.33 bits per heavy atom. The lowest BCUT2D eigenvalue weighted by molar-refractivity contribution is 0.550. The molecule has 0 saturated carbocycles. The first-order chi connectivity index (χ1) is 8.70. The SMILES string of the molecule is NNC(Cc1ccccc1Cl)c1cncc(Br)c1. The van der Waals surface area contributed by atoms with Gasteiger partial charge in [0.15, 0.2) is 0 Å². The smallest absolute Gasteiger partial charge is 0.0516 e. The lowest BCUT2D eigenvalue weighted by atomic mass is 10.0. The second-order valence-corrected chi connectivity index (χ2v) is 5.27. The van der Waals surface area contributed by atoms with Crippen molar-refractivity contribution < 1.29 is 0 Å². The Labute approximate surface area is 119 Å². The quantitative estimate of drug-likeness (QED) is 0.670. The fourth-order valence-corrected chi connectivity index (χ4v) is 2.37. The third-order valence-electron chi connectivity index (χ3n) is 2.71. The molecule has 1 heterocycles. The number of pyridine rings is 1. The number of nitrogens with zero attached hydrogens (tertiary/aromatic N) is 1. The minimum Gasteiger partial charge on any atom is -0.271 e. The Kier molecular flexibility index (Phi) is 4.72. The van der Waals surface area contributed by atoms with Gasteiger partial charge >= 0.3 is 0 Å². The number of nitrogens with two attached hydrogens (primary N) is 1. The van der Waals surface area contributed by atoms with Crippen molar-refractivity contribution >= 4 is 27.5 Å². The molecular formula is C13H13BrClN3. The van der Waals surface area contributed by atoms with Gasteiger partial charge in [-0.05, 0) is 45.6 Å². The largest absolute Gasteiger partial charge is 0.271 e. The van der Waals surface area contributed by atoms with E-state index in [1.807, 2.05) is 30.3 Å². The average Bonchev–Trinajstić information content (AvgIpc) is 2.38. The molecule has 1 aromatic carbocycles. The molecule has 0 amide bonds. The maximum absolute atomic E-state index is 6.15. The number of hydrazine groups is 1. The van der Waals surface area contributed by atoms with Gasteiger partial charge in [-0.25, -0.2) is 0 Å². The van der Waals surface area contributed by atoms with Gasteiger partial charge in [-0.3, -0.25) is 16.3 Å². The molecule has 2 rings (SSSR count). The van der Waals surface area contributed by atoms with Gasteiger partial charge in [0.2, 0.25) is 0 Å². The molecular weight excluding hydrogens is 314 g/mol. The lowest BCUT2D eigenvalue weighted by Crippen LogP contribution is -2.29. The zero-order valence-corrected chi connectivity index (χ0v) is 11.9. The first-order valence-electron chi connectivity index (χ1n) is 5.50. The molecule has 1 unspecified atom stereocenters. The standard InChI is InChI=1S/C13H13BrClN3/c14-11-5-10(7-17-8-11)13(18-16)6-9-3-1-2-4-12(9)15/h1-5,7-8,13,18H,6,16H2. The van der Waals surface area contributed by atoms with E-state index in [9.17, 15) is 0 Å². The predicted octanol–water partition coefficient (Wildman–Crippen LogP) is 3.24. The number of benzene rings is 1. The maximum atomic E-state index is 6.15. The van der Waals surface area contributed by atoms with E-state index in [0.29, 0.717) is 6.42 Å². The Morgan fingerprint density at radius 3 is 2.78 bits per heavy atom. The van der Waals surface area contributed by atoms with Crippen LogP contribution in [0.4, 0.5) is 0 Å². The van der Waals surface area contributed by atoms with E-state index in [0.717, 1.165) is 20.6 Å². The van der Waals surface area contributed by atoms with Gasteiger partial charge in [0, 0.05) is 21.9 Å². The van der Waals surface area contributed by atoms with E-state index in [1.54, 1.807) is 12.4 Å². The lowest BCUT2D eigenvalue weighted by Gasteiger charge is -2.17. The van der Waals surface area contributed by atoms with Crippen molar-refractivity contribution in [1.29, 1.82) is 0 Å². The monoisotopic (exact) mass is 325 g/mol. The Morgan fingerprint density at radius 2 is 2.11 bits per heavy atom. The van der Waals surface area contributed by atoms with Gasteiger partial charge in [0.05, 0.1) is 6.04 Å². The molecule has 3 nitrogen and oxygen atoms in total. The van der Waals surface area contributed by atoms with E-state index in [-0.39, 0.29) is 6.04 Å². The van der Waals surface area contributed by atoms with Gasteiger partial charge in [-0.1, -0.05) is 29.8 Å². The summed E-state index contributed by atoms with van der Waals surface area (Å²) >= 11 is 9.55. The van der Waals surface area contributed by atoms with E-state index in [1.165, 1.54) is 0 Å². The van der Waals surface area contributed by atoms with Crippen molar-refractivity contribution in [2.24, 2.45) is 5.84 Å². The van der Waals surface area contributed by atoms with Gasteiger partial charge in [-0.15, -0.1) is 0 Å². The molecule has 2 aromatic rings. The molecule has 3 N–H and O–H groups in total. The van der Waals surface area contributed by atoms with Crippen molar-refractivity contribution in [3.63, 3.8) is 0 Å². The first-order valence-corrected chi connectivity index (χ1v) is 6.68. The third-order valence-corrected chi connectivity index (χ3v) is 3.51. The van der Waals surface area contributed by atoms with Crippen LogP contribution in [0, 0.1) is 0 Å². The maximum Gasteiger partial charge on any atom is 0.0516 e. The summed E-state index contributed by atoms with van der Waals surface area (Å²) in [5, 5.41) is 0.751. The molecule has 0 radical (unpaired) electrons. The normalized spacial score (nSPS) is 12.4. The van der Waals surface area contributed by atoms with Crippen LogP contribution in [0.25, 0.3) is 0 Å². The highest BCUT2D eigenvalue weighted by Crippen LogP contribution is 2.24. The molecule has 0 saturated heterocycles. The van der Waals surface area contributed by atoms with Gasteiger partial charge < -0.3 is 0 Å². The Hall–Kier alpha value is -0.940. The van der Waals surface area contributed by atoms with E-state index in [2.05, 4.69) is 26.3 Å². The topological polar surface area (TPSA) is 50.9 Å². The highest BCUT2D eigenvalue weighted by Gasteiger charge is 2.13. The van der Waals surface area contributed by atoms with Crippen LogP contribution in [0.15, 0.2) is 47.2 Å². The summed E-state index contributed by atoms with van der Waals surface area (Å²) in [5.41, 5.74) is 4.88. The number of hydrogen-bond acceptors (Lipinski definition) is 3. The molecule has 0 fully saturated rings. The third kappa shape index (κ3) is 3.29. The van der Waals surface area contributed by atoms with Crippen LogP contribution >= 0.6 is 27.5 Å². The van der Waals surface area contributed by atoms with Crippen molar-refractivity contribution in [1.82, 2.24) is 10.4 Å². The van der Waals surface area contributed by atoms with Crippen LogP contribution in [-0.4, -0.2) is 4.98 Å². The van der Waals surface area contributed by atoms with Crippen LogP contribution in [-0.2, 0) is 6.42 Å². The molecule has 0 aliphatic heterocycles. The summed E-state index contributed by atoms with van der Waals surface area (Å²) in [6.07, 6.45) is 4.26. The second-order valence-electron chi connectivity index (χ2n) is 3.95. The van der Waals surface area contributed by atoms with Crippen molar-refractivity contribution in [3.8, 4) is 0 Å². The molecule has 0 bridgehead atoms. The number of halogens is 2. The van der Waals surface area contributed by atoms with Crippen LogP contribution in [0.2, 0.25) is 5.02 Å². The Bertz CT molecular complexity index is 533. The zero-order chi connectivity index (χ0) is 13.0. The van der Waals surface area contributed by atoms with Crippen LogP contribution in [0.5, 0.6) is 0 Å². The van der Waals surface area contributed by atoms with Gasteiger partial charge in [0.1, 0.15) is 0 Å². The van der Waals surface area contributed by atoms with E-state index in [4.69, 9.17) is 17.4 Å². The van der Waals surface area contributed by atoms with E-state index < -0.39 is 0 Å². The minimum atomic E-state index is -0.0186. The van der Waals surface area contributed by atoms with E-state index >= 15 is 0 Å². The fourth-order valence-electron chi connectivity index (χ4n) is 1.78. The Balaban J connectivity index is 2.23. The number of nitrogens with one attached hydrogen (secondary N) is 1. The van der Waals surface area contributed by atoms with Crippen LogP contribution < -0.4 is 11.3 Å². The number of rotatable bonds is 4. The summed E-state index contributed by atoms with van der Waals surface area (Å²) in [7, 11) is 0. The first kappa shape index (κ1) is 13.5. The van der Waals surface area contributed by atoms with Crippen molar-refractivity contribution in [2.45, 2.75) is 12.5 Å². The van der Waals surface area contributed by atoms with Crippen LogP contribution in [0.3, 0.4) is 0 Å². The van der Waals surface area contributed by atoms with Gasteiger partial charge in [0.25, 0.3) is 0 Å². The van der Waals surface area contributed by atoms with Crippen LogP contribution in [0.1, 0.15) is 17.2 Å². The highest BCUT2D eigenvalue weighted by atomic mass is 79.9. The second kappa shape index (κ2) is 6.29. The summed E-state index contributed by atoms with van der Waals surface area (Å²) < 4.78 is 0.930. The summed E-state index contributed by atoms with van der Waals surface area (Å²) in [6.45, 7) is 0. The molecule has 5 heteroatoms. The molecule has 0 aliphatic carbocycles. The number of hydrogen-bond donors (Lipinski definition) is 2. The van der Waals surface area contributed by atoms with Crippen molar-refractivity contribution in [2.75, 3.05) is 0 Å². The highest BCUT2D eigenvalue weighted by molar-refractivity contribution is 9.10. The summed E-state index contributed by atoms with van der Waals surface area (Å²) in [5.74, 6) is 5.62. The summed E-state index contributed by atoms with van der Waals surface area (Å²) in [6, 6.07) is 9.73. The minimum absolute atomic E-state index is 0.0186. The fraction of sp³-hybridized carbons (Fsp3) is 0.154. The van der Waals surface area contributed by atoms with Gasteiger partial charge in [-0.2, -0.15) is 0 Å².